The molecule has 0 saturated heterocycles. The highest BCUT2D eigenvalue weighted by atomic mass is 35.5. The molecule has 98 valence electrons. The molecule has 0 aliphatic heterocycles. The SMILES string of the molecule is Clc1cccc(-c2cncc(-c3ccccc3)n2)c1Cl. The van der Waals surface area contributed by atoms with Crippen LogP contribution in [-0.2, 0) is 0 Å². The Kier molecular flexibility index (Phi) is 3.68. The molecule has 0 unspecified atom stereocenters. The number of rotatable bonds is 2. The van der Waals surface area contributed by atoms with Crippen molar-refractivity contribution in [3.05, 3.63) is 71.0 Å². The molecule has 0 aliphatic rings. The summed E-state index contributed by atoms with van der Waals surface area (Å²) in [5.41, 5.74) is 3.31. The van der Waals surface area contributed by atoms with E-state index in [-0.39, 0.29) is 0 Å². The lowest BCUT2D eigenvalue weighted by atomic mass is 10.1. The standard InChI is InChI=1S/C16H10Cl2N2/c17-13-8-4-7-12(16(13)18)15-10-19-9-14(20-15)11-5-2-1-3-6-11/h1-10H. The highest BCUT2D eigenvalue weighted by molar-refractivity contribution is 6.43. The Morgan fingerprint density at radius 1 is 0.750 bits per heavy atom. The maximum atomic E-state index is 6.23. The second-order valence-electron chi connectivity index (χ2n) is 4.26. The van der Waals surface area contributed by atoms with Crippen LogP contribution in [0.3, 0.4) is 0 Å². The fourth-order valence-corrected chi connectivity index (χ4v) is 2.34. The normalized spacial score (nSPS) is 10.5. The van der Waals surface area contributed by atoms with Crippen molar-refractivity contribution in [2.75, 3.05) is 0 Å². The third kappa shape index (κ3) is 2.53. The topological polar surface area (TPSA) is 25.8 Å². The Bertz CT molecular complexity index is 742. The van der Waals surface area contributed by atoms with Crippen LogP contribution in [0.2, 0.25) is 10.0 Å². The largest absolute Gasteiger partial charge is 0.260 e. The van der Waals surface area contributed by atoms with Crippen molar-refractivity contribution in [3.8, 4) is 22.5 Å². The van der Waals surface area contributed by atoms with E-state index in [0.717, 1.165) is 16.8 Å². The van der Waals surface area contributed by atoms with Crippen LogP contribution in [-0.4, -0.2) is 9.97 Å². The number of benzene rings is 2. The van der Waals surface area contributed by atoms with Gasteiger partial charge >= 0.3 is 0 Å². The van der Waals surface area contributed by atoms with Gasteiger partial charge in [-0.25, -0.2) is 4.98 Å². The fourth-order valence-electron chi connectivity index (χ4n) is 1.95. The molecule has 0 saturated carbocycles. The molecule has 1 heterocycles. The second kappa shape index (κ2) is 5.61. The molecule has 0 atom stereocenters. The Hall–Kier alpha value is -1.90. The molecule has 0 aliphatic carbocycles. The summed E-state index contributed by atoms with van der Waals surface area (Å²) >= 11 is 12.3. The number of nitrogens with zero attached hydrogens (tertiary/aromatic N) is 2. The smallest absolute Gasteiger partial charge is 0.0908 e. The predicted molar refractivity (Wildman–Crippen MR) is 82.9 cm³/mol. The van der Waals surface area contributed by atoms with Crippen LogP contribution >= 0.6 is 23.2 Å². The highest BCUT2D eigenvalue weighted by Crippen LogP contribution is 2.32. The molecule has 0 N–H and O–H groups in total. The van der Waals surface area contributed by atoms with E-state index >= 15 is 0 Å². The van der Waals surface area contributed by atoms with Gasteiger partial charge in [0.15, 0.2) is 0 Å². The Balaban J connectivity index is 2.10. The molecule has 20 heavy (non-hydrogen) atoms. The summed E-state index contributed by atoms with van der Waals surface area (Å²) in [6.45, 7) is 0. The quantitative estimate of drug-likeness (QED) is 0.656. The van der Waals surface area contributed by atoms with Gasteiger partial charge in [-0.15, -0.1) is 0 Å². The minimum atomic E-state index is 0.494. The Morgan fingerprint density at radius 3 is 2.30 bits per heavy atom. The van der Waals surface area contributed by atoms with E-state index in [0.29, 0.717) is 15.7 Å². The van der Waals surface area contributed by atoms with E-state index in [1.165, 1.54) is 0 Å². The first-order valence-corrected chi connectivity index (χ1v) is 6.83. The Labute approximate surface area is 127 Å². The minimum Gasteiger partial charge on any atom is -0.260 e. The first-order chi connectivity index (χ1) is 9.75. The molecule has 0 bridgehead atoms. The average Bonchev–Trinajstić information content (AvgIpc) is 2.51. The molecule has 0 spiro atoms. The van der Waals surface area contributed by atoms with Crippen molar-refractivity contribution >= 4 is 23.2 Å². The van der Waals surface area contributed by atoms with E-state index in [1.807, 2.05) is 42.5 Å². The summed E-state index contributed by atoms with van der Waals surface area (Å²) < 4.78 is 0. The van der Waals surface area contributed by atoms with Gasteiger partial charge < -0.3 is 0 Å². The molecular formula is C16H10Cl2N2. The van der Waals surface area contributed by atoms with Crippen LogP contribution in [0, 0.1) is 0 Å². The van der Waals surface area contributed by atoms with E-state index in [4.69, 9.17) is 23.2 Å². The van der Waals surface area contributed by atoms with Gasteiger partial charge in [-0.3, -0.25) is 4.98 Å². The predicted octanol–water partition coefficient (Wildman–Crippen LogP) is 5.12. The van der Waals surface area contributed by atoms with E-state index in [2.05, 4.69) is 9.97 Å². The van der Waals surface area contributed by atoms with Crippen molar-refractivity contribution in [2.45, 2.75) is 0 Å². The lowest BCUT2D eigenvalue weighted by molar-refractivity contribution is 1.21. The third-order valence-corrected chi connectivity index (χ3v) is 3.75. The van der Waals surface area contributed by atoms with Crippen LogP contribution in [0.5, 0.6) is 0 Å². The molecule has 0 radical (unpaired) electrons. The Morgan fingerprint density at radius 2 is 1.50 bits per heavy atom. The molecule has 3 aromatic rings. The monoisotopic (exact) mass is 300 g/mol. The maximum absolute atomic E-state index is 6.23. The van der Waals surface area contributed by atoms with Crippen LogP contribution < -0.4 is 0 Å². The van der Waals surface area contributed by atoms with Crippen molar-refractivity contribution in [3.63, 3.8) is 0 Å². The highest BCUT2D eigenvalue weighted by Gasteiger charge is 2.09. The van der Waals surface area contributed by atoms with Crippen molar-refractivity contribution < 1.29 is 0 Å². The van der Waals surface area contributed by atoms with Gasteiger partial charge in [-0.1, -0.05) is 65.7 Å². The zero-order valence-corrected chi connectivity index (χ0v) is 11.9. The van der Waals surface area contributed by atoms with E-state index < -0.39 is 0 Å². The molecule has 2 aromatic carbocycles. The summed E-state index contributed by atoms with van der Waals surface area (Å²) in [5.74, 6) is 0. The number of halogens is 2. The van der Waals surface area contributed by atoms with Gasteiger partial charge in [0.05, 0.1) is 33.8 Å². The lowest BCUT2D eigenvalue weighted by Gasteiger charge is -2.07. The van der Waals surface area contributed by atoms with Crippen LogP contribution in [0.1, 0.15) is 0 Å². The fraction of sp³-hybridized carbons (Fsp3) is 0. The number of aromatic nitrogens is 2. The van der Waals surface area contributed by atoms with Crippen molar-refractivity contribution in [2.24, 2.45) is 0 Å². The average molecular weight is 301 g/mol. The summed E-state index contributed by atoms with van der Waals surface area (Å²) in [4.78, 5) is 8.85. The third-order valence-electron chi connectivity index (χ3n) is 2.93. The van der Waals surface area contributed by atoms with Gasteiger partial charge in [-0.05, 0) is 6.07 Å². The van der Waals surface area contributed by atoms with Gasteiger partial charge in [0, 0.05) is 11.1 Å². The first kappa shape index (κ1) is 13.1. The van der Waals surface area contributed by atoms with E-state index in [1.54, 1.807) is 18.5 Å². The zero-order valence-electron chi connectivity index (χ0n) is 10.4. The van der Waals surface area contributed by atoms with E-state index in [9.17, 15) is 0 Å². The van der Waals surface area contributed by atoms with Crippen LogP contribution in [0.25, 0.3) is 22.5 Å². The first-order valence-electron chi connectivity index (χ1n) is 6.07. The van der Waals surface area contributed by atoms with Crippen LogP contribution in [0.15, 0.2) is 60.9 Å². The van der Waals surface area contributed by atoms with Crippen molar-refractivity contribution in [1.29, 1.82) is 0 Å². The van der Waals surface area contributed by atoms with Gasteiger partial charge in [0.25, 0.3) is 0 Å². The van der Waals surface area contributed by atoms with Gasteiger partial charge in [0.1, 0.15) is 0 Å². The number of hydrogen-bond donors (Lipinski definition) is 0. The lowest BCUT2D eigenvalue weighted by Crippen LogP contribution is -1.91. The van der Waals surface area contributed by atoms with Crippen molar-refractivity contribution in [1.82, 2.24) is 9.97 Å². The summed E-state index contributed by atoms with van der Waals surface area (Å²) in [5, 5.41) is 1.00. The summed E-state index contributed by atoms with van der Waals surface area (Å²) in [6.07, 6.45) is 3.42. The molecule has 3 rings (SSSR count). The molecule has 0 fully saturated rings. The molecule has 4 heteroatoms. The van der Waals surface area contributed by atoms with Gasteiger partial charge in [0.2, 0.25) is 0 Å². The maximum Gasteiger partial charge on any atom is 0.0908 e. The summed E-state index contributed by atoms with van der Waals surface area (Å²) in [6, 6.07) is 15.4. The minimum absolute atomic E-state index is 0.494. The van der Waals surface area contributed by atoms with Gasteiger partial charge in [-0.2, -0.15) is 0 Å². The summed E-state index contributed by atoms with van der Waals surface area (Å²) in [7, 11) is 0. The molecular weight excluding hydrogens is 291 g/mol. The second-order valence-corrected chi connectivity index (χ2v) is 5.04. The number of hydrogen-bond acceptors (Lipinski definition) is 2. The zero-order chi connectivity index (χ0) is 13.9. The van der Waals surface area contributed by atoms with Crippen LogP contribution in [0.4, 0.5) is 0 Å². The molecule has 0 amide bonds. The molecule has 2 nitrogen and oxygen atoms in total. The molecule has 1 aromatic heterocycles.